The first-order valence-electron chi connectivity index (χ1n) is 12.6. The molecule has 2 fully saturated rings. The largest absolute Gasteiger partial charge is 0.490 e. The van der Waals surface area contributed by atoms with E-state index in [0.29, 0.717) is 18.4 Å². The zero-order chi connectivity index (χ0) is 26.2. The third kappa shape index (κ3) is 5.82. The van der Waals surface area contributed by atoms with Crippen LogP contribution in [0.5, 0.6) is 5.75 Å². The van der Waals surface area contributed by atoms with Gasteiger partial charge in [-0.15, -0.1) is 11.8 Å². The van der Waals surface area contributed by atoms with Crippen LogP contribution in [-0.4, -0.2) is 29.0 Å². The maximum absolute atomic E-state index is 13.4. The molecule has 2 saturated heterocycles. The van der Waals surface area contributed by atoms with E-state index in [1.165, 1.54) is 27.7 Å². The van der Waals surface area contributed by atoms with E-state index < -0.39 is 11.7 Å². The molecule has 2 heterocycles. The first kappa shape index (κ1) is 25.7. The molecular weight excluding hydrogens is 495 g/mol. The van der Waals surface area contributed by atoms with Crippen LogP contribution in [0.1, 0.15) is 58.3 Å². The first-order valence-corrected chi connectivity index (χ1v) is 13.6. The van der Waals surface area contributed by atoms with Gasteiger partial charge in [0.2, 0.25) is 0 Å². The summed E-state index contributed by atoms with van der Waals surface area (Å²) >= 11 is 1.80. The Hall–Kier alpha value is -2.93. The molecule has 1 amide bonds. The number of carbonyl (C=O) groups excluding carboxylic acids is 1. The molecule has 0 aliphatic carbocycles. The van der Waals surface area contributed by atoms with Gasteiger partial charge < -0.3 is 9.64 Å². The molecule has 0 spiro atoms. The van der Waals surface area contributed by atoms with Gasteiger partial charge in [0.25, 0.3) is 5.91 Å². The topological polar surface area (TPSA) is 29.5 Å². The fourth-order valence-electron chi connectivity index (χ4n) is 5.41. The van der Waals surface area contributed by atoms with E-state index in [1.807, 2.05) is 29.2 Å². The lowest BCUT2D eigenvalue weighted by Crippen LogP contribution is -2.49. The smallest absolute Gasteiger partial charge is 0.416 e. The van der Waals surface area contributed by atoms with Crippen molar-refractivity contribution in [1.29, 1.82) is 0 Å². The molecule has 2 aliphatic rings. The summed E-state index contributed by atoms with van der Waals surface area (Å²) in [7, 11) is 0. The minimum atomic E-state index is -4.40. The quantitative estimate of drug-likeness (QED) is 0.307. The molecular formula is C30H30F3NO2S. The van der Waals surface area contributed by atoms with Gasteiger partial charge in [-0.2, -0.15) is 13.2 Å². The monoisotopic (exact) mass is 525 g/mol. The normalized spacial score (nSPS) is 21.2. The number of carbonyl (C=O) groups is 1. The van der Waals surface area contributed by atoms with Crippen LogP contribution in [0.3, 0.4) is 0 Å². The van der Waals surface area contributed by atoms with E-state index in [1.54, 1.807) is 17.8 Å². The number of hydrogen-bond acceptors (Lipinski definition) is 3. The highest BCUT2D eigenvalue weighted by Crippen LogP contribution is 2.39. The number of fused-ring (bicyclic) bond motifs is 2. The Bertz CT molecular complexity index is 1260. The van der Waals surface area contributed by atoms with Gasteiger partial charge in [-0.1, -0.05) is 35.9 Å². The lowest BCUT2D eigenvalue weighted by molar-refractivity contribution is -0.137. The number of halogens is 3. The van der Waals surface area contributed by atoms with Crippen LogP contribution < -0.4 is 4.74 Å². The highest BCUT2D eigenvalue weighted by Gasteiger charge is 2.44. The van der Waals surface area contributed by atoms with Gasteiger partial charge in [-0.25, -0.2) is 0 Å². The van der Waals surface area contributed by atoms with Crippen LogP contribution in [0.15, 0.2) is 71.6 Å². The number of benzene rings is 3. The summed E-state index contributed by atoms with van der Waals surface area (Å²) in [5.41, 5.74) is 3.63. The fraction of sp³-hybridized carbons (Fsp3) is 0.367. The van der Waals surface area contributed by atoms with E-state index in [9.17, 15) is 18.0 Å². The molecule has 3 aromatic rings. The number of nitrogens with zero attached hydrogens (tertiary/aromatic N) is 1. The van der Waals surface area contributed by atoms with E-state index in [4.69, 9.17) is 4.74 Å². The number of thioether (sulfide) groups is 1. The highest BCUT2D eigenvalue weighted by molar-refractivity contribution is 7.98. The van der Waals surface area contributed by atoms with Gasteiger partial charge in [0, 0.05) is 41.1 Å². The molecule has 37 heavy (non-hydrogen) atoms. The van der Waals surface area contributed by atoms with E-state index in [-0.39, 0.29) is 29.8 Å². The van der Waals surface area contributed by atoms with E-state index in [0.717, 1.165) is 30.7 Å². The number of amides is 1. The molecule has 2 atom stereocenters. The molecule has 0 radical (unpaired) electrons. The first-order chi connectivity index (χ1) is 17.7. The minimum Gasteiger partial charge on any atom is -0.490 e. The van der Waals surface area contributed by atoms with Crippen LogP contribution in [0.2, 0.25) is 0 Å². The van der Waals surface area contributed by atoms with Gasteiger partial charge in [-0.05, 0) is 74.2 Å². The SMILES string of the molecule is Cc1ccc(C)c(SCc2ccc(C(=O)N3[C@H]4CC[C@H]3CC(Oc3cccc(C(F)(F)F)c3)C4)cc2)c1. The van der Waals surface area contributed by atoms with Gasteiger partial charge in [-0.3, -0.25) is 4.79 Å². The molecule has 0 unspecified atom stereocenters. The standard InChI is InChI=1S/C30H30F3NO2S/c1-19-6-7-20(2)28(14-19)37-18-21-8-10-22(11-9-21)29(35)34-24-12-13-25(34)17-27(16-24)36-26-5-3-4-23(15-26)30(31,32)33/h3-11,14-15,24-25,27H,12-13,16-18H2,1-2H3/t24-,25-/m0/s1. The maximum Gasteiger partial charge on any atom is 0.416 e. The molecule has 2 aliphatic heterocycles. The highest BCUT2D eigenvalue weighted by atomic mass is 32.2. The Balaban J connectivity index is 1.20. The van der Waals surface area contributed by atoms with E-state index in [2.05, 4.69) is 32.0 Å². The van der Waals surface area contributed by atoms with Crippen LogP contribution >= 0.6 is 11.8 Å². The van der Waals surface area contributed by atoms with Crippen LogP contribution in [0, 0.1) is 13.8 Å². The lowest BCUT2D eigenvalue weighted by Gasteiger charge is -2.39. The predicted octanol–water partition coefficient (Wildman–Crippen LogP) is 7.83. The molecule has 194 valence electrons. The third-order valence-electron chi connectivity index (χ3n) is 7.33. The van der Waals surface area contributed by atoms with Crippen LogP contribution in [0.25, 0.3) is 0 Å². The van der Waals surface area contributed by atoms with Crippen molar-refractivity contribution in [2.45, 2.75) is 74.5 Å². The molecule has 3 nitrogen and oxygen atoms in total. The summed E-state index contributed by atoms with van der Waals surface area (Å²) in [5.74, 6) is 1.09. The van der Waals surface area contributed by atoms with Gasteiger partial charge in [0.1, 0.15) is 11.9 Å². The third-order valence-corrected chi connectivity index (χ3v) is 8.56. The summed E-state index contributed by atoms with van der Waals surface area (Å²) in [5, 5.41) is 0. The van der Waals surface area contributed by atoms with Crippen molar-refractivity contribution in [3.8, 4) is 5.75 Å². The maximum atomic E-state index is 13.4. The number of hydrogen-bond donors (Lipinski definition) is 0. The average molecular weight is 526 g/mol. The second-order valence-electron chi connectivity index (χ2n) is 10.1. The Morgan fingerprint density at radius 3 is 2.35 bits per heavy atom. The molecule has 7 heteroatoms. The van der Waals surface area contributed by atoms with Crippen molar-refractivity contribution in [3.05, 3.63) is 94.5 Å². The Morgan fingerprint density at radius 2 is 1.68 bits per heavy atom. The van der Waals surface area contributed by atoms with Crippen molar-refractivity contribution in [2.75, 3.05) is 0 Å². The zero-order valence-corrected chi connectivity index (χ0v) is 21.7. The van der Waals surface area contributed by atoms with Gasteiger partial charge in [0.05, 0.1) is 5.56 Å². The zero-order valence-electron chi connectivity index (χ0n) is 20.9. The molecule has 2 bridgehead atoms. The van der Waals surface area contributed by atoms with Gasteiger partial charge in [0.15, 0.2) is 0 Å². The second kappa shape index (κ2) is 10.4. The molecule has 5 rings (SSSR count). The number of piperidine rings is 1. The number of ether oxygens (including phenoxy) is 1. The summed E-state index contributed by atoms with van der Waals surface area (Å²) in [6.07, 6.45) is -1.56. The summed E-state index contributed by atoms with van der Waals surface area (Å²) in [4.78, 5) is 16.7. The van der Waals surface area contributed by atoms with E-state index >= 15 is 0 Å². The lowest BCUT2D eigenvalue weighted by atomic mass is 9.98. The second-order valence-corrected chi connectivity index (χ2v) is 11.1. The van der Waals surface area contributed by atoms with Crippen molar-refractivity contribution in [3.63, 3.8) is 0 Å². The average Bonchev–Trinajstić information content (AvgIpc) is 3.14. The summed E-state index contributed by atoms with van der Waals surface area (Å²) in [6, 6.07) is 19.5. The molecule has 0 N–H and O–H groups in total. The van der Waals surface area contributed by atoms with Crippen molar-refractivity contribution >= 4 is 17.7 Å². The number of alkyl halides is 3. The predicted molar refractivity (Wildman–Crippen MR) is 140 cm³/mol. The molecule has 0 aromatic heterocycles. The van der Waals surface area contributed by atoms with Gasteiger partial charge >= 0.3 is 6.18 Å². The minimum absolute atomic E-state index is 0.0266. The van der Waals surface area contributed by atoms with Crippen LogP contribution in [-0.2, 0) is 11.9 Å². The van der Waals surface area contributed by atoms with Crippen molar-refractivity contribution < 1.29 is 22.7 Å². The Kier molecular flexibility index (Phi) is 7.26. The fourth-order valence-corrected chi connectivity index (χ4v) is 6.49. The van der Waals surface area contributed by atoms with Crippen molar-refractivity contribution in [2.24, 2.45) is 0 Å². The summed E-state index contributed by atoms with van der Waals surface area (Å²) in [6.45, 7) is 4.21. The molecule has 0 saturated carbocycles. The molecule has 3 aromatic carbocycles. The Morgan fingerprint density at radius 1 is 0.973 bits per heavy atom. The van der Waals surface area contributed by atoms with Crippen molar-refractivity contribution in [1.82, 2.24) is 4.90 Å². The number of rotatable bonds is 6. The Labute approximate surface area is 220 Å². The number of aryl methyl sites for hydroxylation is 2. The summed E-state index contributed by atoms with van der Waals surface area (Å²) < 4.78 is 45.1. The van der Waals surface area contributed by atoms with Crippen LogP contribution in [0.4, 0.5) is 13.2 Å².